The van der Waals surface area contributed by atoms with Crippen molar-refractivity contribution < 1.29 is 13.9 Å². The standard InChI is InChI=1S/C16H15ClFNO2/c1-21-14-7-3-6-13(18)15(14)16(20)19-10-12-5-2-4-11(8-12)9-17/h2-8H,9-10H2,1H3,(H,19,20). The number of amides is 1. The van der Waals surface area contributed by atoms with Gasteiger partial charge in [0.15, 0.2) is 0 Å². The first-order valence-corrected chi connectivity index (χ1v) is 6.93. The minimum Gasteiger partial charge on any atom is -0.496 e. The lowest BCUT2D eigenvalue weighted by atomic mass is 10.1. The van der Waals surface area contributed by atoms with Crippen LogP contribution in [0.2, 0.25) is 0 Å². The van der Waals surface area contributed by atoms with E-state index in [1.807, 2.05) is 24.3 Å². The van der Waals surface area contributed by atoms with Crippen LogP contribution in [-0.2, 0) is 12.4 Å². The van der Waals surface area contributed by atoms with Crippen LogP contribution >= 0.6 is 11.6 Å². The molecule has 1 amide bonds. The summed E-state index contributed by atoms with van der Waals surface area (Å²) in [5.41, 5.74) is 1.78. The molecule has 0 fully saturated rings. The van der Waals surface area contributed by atoms with Crippen LogP contribution in [0.15, 0.2) is 42.5 Å². The minimum absolute atomic E-state index is 0.0894. The summed E-state index contributed by atoms with van der Waals surface area (Å²) in [6.45, 7) is 0.293. The molecule has 0 bridgehead atoms. The van der Waals surface area contributed by atoms with Crippen molar-refractivity contribution in [2.75, 3.05) is 7.11 Å². The summed E-state index contributed by atoms with van der Waals surface area (Å²) in [6.07, 6.45) is 0. The van der Waals surface area contributed by atoms with Gasteiger partial charge < -0.3 is 10.1 Å². The number of nitrogens with one attached hydrogen (secondary N) is 1. The largest absolute Gasteiger partial charge is 0.496 e. The zero-order valence-electron chi connectivity index (χ0n) is 11.5. The Labute approximate surface area is 127 Å². The predicted molar refractivity (Wildman–Crippen MR) is 80.1 cm³/mol. The average molecular weight is 308 g/mol. The van der Waals surface area contributed by atoms with Gasteiger partial charge in [0.25, 0.3) is 5.91 Å². The molecule has 0 aliphatic heterocycles. The molecule has 110 valence electrons. The normalized spacial score (nSPS) is 10.2. The Morgan fingerprint density at radius 1 is 1.24 bits per heavy atom. The molecule has 5 heteroatoms. The van der Waals surface area contributed by atoms with Gasteiger partial charge >= 0.3 is 0 Å². The SMILES string of the molecule is COc1cccc(F)c1C(=O)NCc1cccc(CCl)c1. The smallest absolute Gasteiger partial charge is 0.258 e. The fourth-order valence-electron chi connectivity index (χ4n) is 1.99. The third kappa shape index (κ3) is 3.73. The highest BCUT2D eigenvalue weighted by Crippen LogP contribution is 2.21. The Balaban J connectivity index is 2.12. The molecule has 2 aromatic carbocycles. The van der Waals surface area contributed by atoms with Crippen LogP contribution in [0.25, 0.3) is 0 Å². The Morgan fingerprint density at radius 2 is 1.95 bits per heavy atom. The lowest BCUT2D eigenvalue weighted by Gasteiger charge is -2.10. The van der Waals surface area contributed by atoms with E-state index in [1.165, 1.54) is 19.2 Å². The number of benzene rings is 2. The van der Waals surface area contributed by atoms with Crippen LogP contribution in [0.3, 0.4) is 0 Å². The van der Waals surface area contributed by atoms with Crippen molar-refractivity contribution in [2.45, 2.75) is 12.4 Å². The minimum atomic E-state index is -0.610. The van der Waals surface area contributed by atoms with Crippen LogP contribution in [0.5, 0.6) is 5.75 Å². The molecule has 0 unspecified atom stereocenters. The van der Waals surface area contributed by atoms with Crippen LogP contribution in [-0.4, -0.2) is 13.0 Å². The maximum absolute atomic E-state index is 13.8. The van der Waals surface area contributed by atoms with Gasteiger partial charge in [-0.3, -0.25) is 4.79 Å². The summed E-state index contributed by atoms with van der Waals surface area (Å²) in [5.74, 6) is -0.507. The molecule has 0 heterocycles. The van der Waals surface area contributed by atoms with Gasteiger partial charge in [-0.1, -0.05) is 30.3 Å². The number of hydrogen-bond acceptors (Lipinski definition) is 2. The Kier molecular flexibility index (Phi) is 5.17. The molecule has 0 radical (unpaired) electrons. The number of halogens is 2. The van der Waals surface area contributed by atoms with E-state index in [2.05, 4.69) is 5.32 Å². The molecule has 0 aliphatic carbocycles. The Bertz CT molecular complexity index is 646. The number of ether oxygens (including phenoxy) is 1. The fraction of sp³-hybridized carbons (Fsp3) is 0.188. The van der Waals surface area contributed by atoms with Crippen LogP contribution in [0.1, 0.15) is 21.5 Å². The van der Waals surface area contributed by atoms with Gasteiger partial charge in [0.1, 0.15) is 17.1 Å². The van der Waals surface area contributed by atoms with Crippen LogP contribution in [0.4, 0.5) is 4.39 Å². The fourth-order valence-corrected chi connectivity index (χ4v) is 2.15. The highest BCUT2D eigenvalue weighted by Gasteiger charge is 2.17. The van der Waals surface area contributed by atoms with E-state index < -0.39 is 11.7 Å². The molecule has 0 atom stereocenters. The average Bonchev–Trinajstić information content (AvgIpc) is 2.52. The molecule has 0 spiro atoms. The summed E-state index contributed by atoms with van der Waals surface area (Å²) >= 11 is 5.76. The summed E-state index contributed by atoms with van der Waals surface area (Å²) in [5, 5.41) is 2.68. The van der Waals surface area contributed by atoms with Gasteiger partial charge in [-0.15, -0.1) is 11.6 Å². The number of methoxy groups -OCH3 is 1. The highest BCUT2D eigenvalue weighted by molar-refractivity contribution is 6.17. The van der Waals surface area contributed by atoms with Crippen molar-refractivity contribution in [3.63, 3.8) is 0 Å². The quantitative estimate of drug-likeness (QED) is 0.859. The number of carbonyl (C=O) groups is 1. The number of carbonyl (C=O) groups excluding carboxylic acids is 1. The zero-order valence-corrected chi connectivity index (χ0v) is 12.3. The second-order valence-electron chi connectivity index (χ2n) is 4.45. The van der Waals surface area contributed by atoms with E-state index in [9.17, 15) is 9.18 Å². The molecule has 2 rings (SSSR count). The molecular formula is C16H15ClFNO2. The first-order valence-electron chi connectivity index (χ1n) is 6.40. The molecule has 1 N–H and O–H groups in total. The lowest BCUT2D eigenvalue weighted by Crippen LogP contribution is -2.24. The van der Waals surface area contributed by atoms with Gasteiger partial charge in [-0.05, 0) is 23.3 Å². The van der Waals surface area contributed by atoms with Gasteiger partial charge in [0, 0.05) is 12.4 Å². The summed E-state index contributed by atoms with van der Waals surface area (Å²) in [4.78, 5) is 12.1. The molecule has 0 saturated heterocycles. The number of hydrogen-bond donors (Lipinski definition) is 1. The zero-order chi connectivity index (χ0) is 15.2. The molecular weight excluding hydrogens is 293 g/mol. The molecule has 0 aliphatic rings. The van der Waals surface area contributed by atoms with Crippen molar-refractivity contribution >= 4 is 17.5 Å². The predicted octanol–water partition coefficient (Wildman–Crippen LogP) is 3.50. The molecule has 21 heavy (non-hydrogen) atoms. The molecule has 3 nitrogen and oxygen atoms in total. The van der Waals surface area contributed by atoms with E-state index in [0.29, 0.717) is 12.4 Å². The first-order chi connectivity index (χ1) is 10.2. The number of alkyl halides is 1. The molecule has 2 aromatic rings. The van der Waals surface area contributed by atoms with Crippen molar-refractivity contribution in [1.29, 1.82) is 0 Å². The maximum Gasteiger partial charge on any atom is 0.258 e. The van der Waals surface area contributed by atoms with E-state index in [4.69, 9.17) is 16.3 Å². The Morgan fingerprint density at radius 3 is 2.67 bits per heavy atom. The van der Waals surface area contributed by atoms with E-state index in [1.54, 1.807) is 6.07 Å². The highest BCUT2D eigenvalue weighted by atomic mass is 35.5. The van der Waals surface area contributed by atoms with E-state index in [-0.39, 0.29) is 11.3 Å². The van der Waals surface area contributed by atoms with E-state index >= 15 is 0 Å². The third-order valence-corrected chi connectivity index (χ3v) is 3.33. The van der Waals surface area contributed by atoms with Gasteiger partial charge in [-0.25, -0.2) is 4.39 Å². The molecule has 0 saturated carbocycles. The van der Waals surface area contributed by atoms with Crippen molar-refractivity contribution in [3.8, 4) is 5.75 Å². The third-order valence-electron chi connectivity index (χ3n) is 3.02. The van der Waals surface area contributed by atoms with Crippen LogP contribution < -0.4 is 10.1 Å². The van der Waals surface area contributed by atoms with E-state index in [0.717, 1.165) is 11.1 Å². The Hall–Kier alpha value is -2.07. The van der Waals surface area contributed by atoms with Crippen LogP contribution in [0, 0.1) is 5.82 Å². The van der Waals surface area contributed by atoms with Gasteiger partial charge in [0.2, 0.25) is 0 Å². The summed E-state index contributed by atoms with van der Waals surface area (Å²) in [6, 6.07) is 11.8. The monoisotopic (exact) mass is 307 g/mol. The van der Waals surface area contributed by atoms with Crippen molar-refractivity contribution in [3.05, 3.63) is 65.0 Å². The topological polar surface area (TPSA) is 38.3 Å². The van der Waals surface area contributed by atoms with Gasteiger partial charge in [0.05, 0.1) is 7.11 Å². The number of rotatable bonds is 5. The lowest BCUT2D eigenvalue weighted by molar-refractivity contribution is 0.0943. The molecule has 0 aromatic heterocycles. The van der Waals surface area contributed by atoms with Crippen molar-refractivity contribution in [2.24, 2.45) is 0 Å². The first kappa shape index (κ1) is 15.3. The summed E-state index contributed by atoms with van der Waals surface area (Å²) < 4.78 is 18.8. The second-order valence-corrected chi connectivity index (χ2v) is 4.72. The van der Waals surface area contributed by atoms with Crippen molar-refractivity contribution in [1.82, 2.24) is 5.32 Å². The second kappa shape index (κ2) is 7.09. The maximum atomic E-state index is 13.8. The van der Waals surface area contributed by atoms with Gasteiger partial charge in [-0.2, -0.15) is 0 Å². The summed E-state index contributed by atoms with van der Waals surface area (Å²) in [7, 11) is 1.40.